The van der Waals surface area contributed by atoms with Crippen molar-refractivity contribution in [3.8, 4) is 0 Å². The highest BCUT2D eigenvalue weighted by molar-refractivity contribution is 5.77. The SMILES string of the molecule is CCc1cc(N(CCOC)CCC(=N)N)nc(C)n1. The van der Waals surface area contributed by atoms with Gasteiger partial charge >= 0.3 is 0 Å². The predicted octanol–water partition coefficient (Wildman–Crippen LogP) is 1.13. The van der Waals surface area contributed by atoms with Crippen LogP contribution >= 0.6 is 0 Å². The van der Waals surface area contributed by atoms with Crippen molar-refractivity contribution in [2.75, 3.05) is 31.7 Å². The Bertz CT molecular complexity index is 421. The summed E-state index contributed by atoms with van der Waals surface area (Å²) in [6.07, 6.45) is 1.40. The van der Waals surface area contributed by atoms with E-state index >= 15 is 0 Å². The van der Waals surface area contributed by atoms with Gasteiger partial charge in [-0.05, 0) is 13.3 Å². The zero-order chi connectivity index (χ0) is 14.3. The molecule has 0 radical (unpaired) electrons. The van der Waals surface area contributed by atoms with Crippen molar-refractivity contribution in [1.29, 1.82) is 5.41 Å². The van der Waals surface area contributed by atoms with Crippen molar-refractivity contribution in [3.63, 3.8) is 0 Å². The monoisotopic (exact) mass is 265 g/mol. The lowest BCUT2D eigenvalue weighted by atomic mass is 10.3. The lowest BCUT2D eigenvalue weighted by Gasteiger charge is -2.23. The Kier molecular flexibility index (Phi) is 6.21. The molecule has 0 amide bonds. The topological polar surface area (TPSA) is 88.1 Å². The second kappa shape index (κ2) is 7.68. The van der Waals surface area contributed by atoms with E-state index in [9.17, 15) is 0 Å². The molecule has 6 nitrogen and oxygen atoms in total. The minimum Gasteiger partial charge on any atom is -0.388 e. The van der Waals surface area contributed by atoms with Gasteiger partial charge in [0.1, 0.15) is 11.6 Å². The third kappa shape index (κ3) is 5.21. The van der Waals surface area contributed by atoms with Gasteiger partial charge in [-0.15, -0.1) is 0 Å². The Labute approximate surface area is 114 Å². The predicted molar refractivity (Wildman–Crippen MR) is 76.8 cm³/mol. The van der Waals surface area contributed by atoms with Gasteiger partial charge in [-0.2, -0.15) is 0 Å². The lowest BCUT2D eigenvalue weighted by molar-refractivity contribution is 0.205. The Morgan fingerprint density at radius 1 is 1.42 bits per heavy atom. The largest absolute Gasteiger partial charge is 0.388 e. The van der Waals surface area contributed by atoms with Crippen molar-refractivity contribution in [2.24, 2.45) is 5.73 Å². The lowest BCUT2D eigenvalue weighted by Crippen LogP contribution is -2.32. The summed E-state index contributed by atoms with van der Waals surface area (Å²) >= 11 is 0. The van der Waals surface area contributed by atoms with Gasteiger partial charge < -0.3 is 15.4 Å². The van der Waals surface area contributed by atoms with Crippen LogP contribution in [0.4, 0.5) is 5.82 Å². The van der Waals surface area contributed by atoms with Crippen LogP contribution in [0.5, 0.6) is 0 Å². The molecule has 1 aromatic heterocycles. The number of amidine groups is 1. The van der Waals surface area contributed by atoms with Crippen LogP contribution in [0.15, 0.2) is 6.07 Å². The Balaban J connectivity index is 2.88. The molecule has 1 aromatic rings. The molecule has 0 bridgehead atoms. The highest BCUT2D eigenvalue weighted by Gasteiger charge is 2.10. The van der Waals surface area contributed by atoms with Crippen molar-refractivity contribution in [2.45, 2.75) is 26.7 Å². The maximum atomic E-state index is 7.33. The van der Waals surface area contributed by atoms with Gasteiger partial charge in [0.15, 0.2) is 0 Å². The molecular weight excluding hydrogens is 242 g/mol. The first-order chi connectivity index (χ1) is 9.06. The van der Waals surface area contributed by atoms with Gasteiger partial charge in [-0.3, -0.25) is 5.41 Å². The Morgan fingerprint density at radius 3 is 2.74 bits per heavy atom. The summed E-state index contributed by atoms with van der Waals surface area (Å²) in [6.45, 7) is 5.97. The number of nitrogens with zero attached hydrogens (tertiary/aromatic N) is 3. The second-order valence-electron chi connectivity index (χ2n) is 4.37. The van der Waals surface area contributed by atoms with Crippen molar-refractivity contribution in [1.82, 2.24) is 9.97 Å². The van der Waals surface area contributed by atoms with Crippen LogP contribution in [0.2, 0.25) is 0 Å². The number of methoxy groups -OCH3 is 1. The third-order valence-corrected chi connectivity index (χ3v) is 2.78. The van der Waals surface area contributed by atoms with Crippen LogP contribution in [-0.2, 0) is 11.2 Å². The summed E-state index contributed by atoms with van der Waals surface area (Å²) in [5.74, 6) is 1.83. The Morgan fingerprint density at radius 2 is 2.16 bits per heavy atom. The molecule has 1 heterocycles. The number of nitrogens with one attached hydrogen (secondary N) is 1. The Hall–Kier alpha value is -1.69. The number of aromatic nitrogens is 2. The zero-order valence-electron chi connectivity index (χ0n) is 11.9. The van der Waals surface area contributed by atoms with Crippen LogP contribution in [-0.4, -0.2) is 42.6 Å². The maximum Gasteiger partial charge on any atom is 0.132 e. The highest BCUT2D eigenvalue weighted by atomic mass is 16.5. The number of hydrogen-bond donors (Lipinski definition) is 2. The first-order valence-electron chi connectivity index (χ1n) is 6.48. The molecular formula is C13H23N5O. The van der Waals surface area contributed by atoms with E-state index in [-0.39, 0.29) is 5.84 Å². The van der Waals surface area contributed by atoms with E-state index in [1.54, 1.807) is 7.11 Å². The number of hydrogen-bond acceptors (Lipinski definition) is 5. The van der Waals surface area contributed by atoms with Crippen LogP contribution in [0.25, 0.3) is 0 Å². The number of aryl methyl sites for hydroxylation is 2. The van der Waals surface area contributed by atoms with E-state index in [1.807, 2.05) is 13.0 Å². The minimum absolute atomic E-state index is 0.184. The van der Waals surface area contributed by atoms with Crippen molar-refractivity contribution in [3.05, 3.63) is 17.6 Å². The molecule has 0 spiro atoms. The first kappa shape index (κ1) is 15.4. The van der Waals surface area contributed by atoms with Crippen molar-refractivity contribution >= 4 is 11.7 Å². The van der Waals surface area contributed by atoms with E-state index in [4.69, 9.17) is 15.9 Å². The number of rotatable bonds is 8. The molecule has 0 atom stereocenters. The fourth-order valence-electron chi connectivity index (χ4n) is 1.75. The molecule has 0 aromatic carbocycles. The van der Waals surface area contributed by atoms with Gasteiger partial charge in [-0.25, -0.2) is 9.97 Å². The van der Waals surface area contributed by atoms with Gasteiger partial charge in [0.05, 0.1) is 12.4 Å². The second-order valence-corrected chi connectivity index (χ2v) is 4.37. The fourth-order valence-corrected chi connectivity index (χ4v) is 1.75. The van der Waals surface area contributed by atoms with Crippen LogP contribution in [0.1, 0.15) is 24.9 Å². The number of nitrogens with two attached hydrogens (primary N) is 1. The molecule has 0 aliphatic carbocycles. The summed E-state index contributed by atoms with van der Waals surface area (Å²) in [5, 5.41) is 7.33. The molecule has 0 fully saturated rings. The highest BCUT2D eigenvalue weighted by Crippen LogP contribution is 2.13. The smallest absolute Gasteiger partial charge is 0.132 e. The molecule has 6 heteroatoms. The van der Waals surface area contributed by atoms with Crippen LogP contribution < -0.4 is 10.6 Å². The summed E-state index contributed by atoms with van der Waals surface area (Å²) in [6, 6.07) is 1.99. The molecule has 0 saturated carbocycles. The standard InChI is InChI=1S/C13H23N5O/c1-4-11-9-13(17-10(2)16-11)18(7-8-19-3)6-5-12(14)15/h9H,4-8H2,1-3H3,(H3,14,15). The quantitative estimate of drug-likeness (QED) is 0.543. The molecule has 106 valence electrons. The molecule has 3 N–H and O–H groups in total. The summed E-state index contributed by atoms with van der Waals surface area (Å²) < 4.78 is 5.12. The molecule has 0 aliphatic heterocycles. The van der Waals surface area contributed by atoms with Crippen LogP contribution in [0, 0.1) is 12.3 Å². The average molecular weight is 265 g/mol. The molecule has 0 unspecified atom stereocenters. The van der Waals surface area contributed by atoms with E-state index < -0.39 is 0 Å². The van der Waals surface area contributed by atoms with E-state index in [0.29, 0.717) is 19.6 Å². The van der Waals surface area contributed by atoms with E-state index in [2.05, 4.69) is 21.8 Å². The van der Waals surface area contributed by atoms with Gasteiger partial charge in [0, 0.05) is 38.4 Å². The van der Waals surface area contributed by atoms with E-state index in [0.717, 1.165) is 30.3 Å². The zero-order valence-corrected chi connectivity index (χ0v) is 11.9. The molecule has 1 rings (SSSR count). The van der Waals surface area contributed by atoms with Gasteiger partial charge in [0.25, 0.3) is 0 Å². The fraction of sp³-hybridized carbons (Fsp3) is 0.615. The van der Waals surface area contributed by atoms with Crippen LogP contribution in [0.3, 0.4) is 0 Å². The van der Waals surface area contributed by atoms with Gasteiger partial charge in [0.2, 0.25) is 0 Å². The minimum atomic E-state index is 0.184. The maximum absolute atomic E-state index is 7.33. The number of anilines is 1. The summed E-state index contributed by atoms with van der Waals surface area (Å²) in [5.41, 5.74) is 6.45. The molecule has 0 saturated heterocycles. The molecule has 19 heavy (non-hydrogen) atoms. The average Bonchev–Trinajstić information content (AvgIpc) is 2.37. The first-order valence-corrected chi connectivity index (χ1v) is 6.48. The summed E-state index contributed by atoms with van der Waals surface area (Å²) in [4.78, 5) is 10.9. The normalized spacial score (nSPS) is 10.5. The third-order valence-electron chi connectivity index (χ3n) is 2.78. The number of ether oxygens (including phenoxy) is 1. The van der Waals surface area contributed by atoms with Crippen molar-refractivity contribution < 1.29 is 4.74 Å². The van der Waals surface area contributed by atoms with E-state index in [1.165, 1.54) is 0 Å². The van der Waals surface area contributed by atoms with Gasteiger partial charge in [-0.1, -0.05) is 6.92 Å². The molecule has 0 aliphatic rings. The summed E-state index contributed by atoms with van der Waals surface area (Å²) in [7, 11) is 1.67.